The third kappa shape index (κ3) is 6.16. The molecule has 0 aliphatic carbocycles. The summed E-state index contributed by atoms with van der Waals surface area (Å²) in [5.74, 6) is 1.33. The van der Waals surface area contributed by atoms with Crippen molar-refractivity contribution in [1.82, 2.24) is 10.2 Å². The molecule has 0 radical (unpaired) electrons. The van der Waals surface area contributed by atoms with E-state index in [0.29, 0.717) is 30.0 Å². The van der Waals surface area contributed by atoms with Crippen LogP contribution in [0.1, 0.15) is 33.6 Å². The van der Waals surface area contributed by atoms with E-state index in [-0.39, 0.29) is 0 Å². The number of nitrogens with zero attached hydrogens (tertiary/aromatic N) is 1. The van der Waals surface area contributed by atoms with Gasteiger partial charge in [0.15, 0.2) is 9.84 Å². The monoisotopic (exact) mass is 276 g/mol. The molecular weight excluding hydrogens is 248 g/mol. The standard InChI is InChI=1S/C13H28N2O2S/c1-4-8-18(16,17)9-7-15-6-5-14-13(11-15)10-12(2)3/h12-14H,4-11H2,1-3H3. The molecule has 0 aromatic rings. The van der Waals surface area contributed by atoms with Crippen LogP contribution in [0.4, 0.5) is 0 Å². The van der Waals surface area contributed by atoms with Crippen molar-refractivity contribution in [3.05, 3.63) is 0 Å². The minimum absolute atomic E-state index is 0.315. The highest BCUT2D eigenvalue weighted by Crippen LogP contribution is 2.09. The molecule has 1 rings (SSSR count). The van der Waals surface area contributed by atoms with Crippen LogP contribution in [0.3, 0.4) is 0 Å². The van der Waals surface area contributed by atoms with Gasteiger partial charge >= 0.3 is 0 Å². The largest absolute Gasteiger partial charge is 0.311 e. The second-order valence-electron chi connectivity index (χ2n) is 5.73. The Balaban J connectivity index is 2.34. The van der Waals surface area contributed by atoms with Gasteiger partial charge in [0.2, 0.25) is 0 Å². The molecule has 1 unspecified atom stereocenters. The molecule has 1 fully saturated rings. The van der Waals surface area contributed by atoms with Gasteiger partial charge in [0.1, 0.15) is 0 Å². The molecule has 18 heavy (non-hydrogen) atoms. The van der Waals surface area contributed by atoms with Gasteiger partial charge in [0.25, 0.3) is 0 Å². The van der Waals surface area contributed by atoms with E-state index in [1.54, 1.807) is 0 Å². The number of hydrogen-bond acceptors (Lipinski definition) is 4. The van der Waals surface area contributed by atoms with Crippen LogP contribution in [0.25, 0.3) is 0 Å². The van der Waals surface area contributed by atoms with Crippen molar-refractivity contribution in [2.75, 3.05) is 37.7 Å². The summed E-state index contributed by atoms with van der Waals surface area (Å²) in [6, 6.07) is 0.521. The van der Waals surface area contributed by atoms with Crippen molar-refractivity contribution in [2.24, 2.45) is 5.92 Å². The summed E-state index contributed by atoms with van der Waals surface area (Å²) in [6.45, 7) is 10.00. The lowest BCUT2D eigenvalue weighted by Gasteiger charge is -2.34. The number of nitrogens with one attached hydrogen (secondary N) is 1. The lowest BCUT2D eigenvalue weighted by atomic mass is 10.0. The van der Waals surface area contributed by atoms with Crippen LogP contribution in [0.15, 0.2) is 0 Å². The van der Waals surface area contributed by atoms with Crippen LogP contribution in [-0.4, -0.2) is 57.0 Å². The minimum atomic E-state index is -2.83. The first-order valence-corrected chi connectivity index (χ1v) is 8.91. The Labute approximate surface area is 112 Å². The van der Waals surface area contributed by atoms with Crippen LogP contribution >= 0.6 is 0 Å². The maximum absolute atomic E-state index is 11.7. The van der Waals surface area contributed by atoms with Gasteiger partial charge in [0.05, 0.1) is 5.75 Å². The quantitative estimate of drug-likeness (QED) is 0.757. The highest BCUT2D eigenvalue weighted by atomic mass is 32.2. The summed E-state index contributed by atoms with van der Waals surface area (Å²) >= 11 is 0. The van der Waals surface area contributed by atoms with E-state index in [9.17, 15) is 8.42 Å². The van der Waals surface area contributed by atoms with E-state index in [2.05, 4.69) is 24.1 Å². The van der Waals surface area contributed by atoms with E-state index in [4.69, 9.17) is 0 Å². The van der Waals surface area contributed by atoms with E-state index in [0.717, 1.165) is 32.5 Å². The molecule has 1 saturated heterocycles. The van der Waals surface area contributed by atoms with E-state index in [1.807, 2.05) is 6.92 Å². The fourth-order valence-electron chi connectivity index (χ4n) is 2.51. The fraction of sp³-hybridized carbons (Fsp3) is 1.00. The minimum Gasteiger partial charge on any atom is -0.311 e. The van der Waals surface area contributed by atoms with Crippen molar-refractivity contribution >= 4 is 9.84 Å². The zero-order chi connectivity index (χ0) is 13.6. The van der Waals surface area contributed by atoms with Gasteiger partial charge in [-0.25, -0.2) is 8.42 Å². The van der Waals surface area contributed by atoms with Crippen molar-refractivity contribution in [3.63, 3.8) is 0 Å². The van der Waals surface area contributed by atoms with E-state index in [1.165, 1.54) is 0 Å². The molecule has 1 N–H and O–H groups in total. The van der Waals surface area contributed by atoms with E-state index < -0.39 is 9.84 Å². The maximum atomic E-state index is 11.7. The molecule has 0 aromatic carbocycles. The van der Waals surface area contributed by atoms with Crippen molar-refractivity contribution < 1.29 is 8.42 Å². The predicted molar refractivity (Wildman–Crippen MR) is 76.6 cm³/mol. The summed E-state index contributed by atoms with van der Waals surface area (Å²) in [7, 11) is -2.83. The summed E-state index contributed by atoms with van der Waals surface area (Å²) in [5, 5.41) is 3.51. The molecule has 1 heterocycles. The van der Waals surface area contributed by atoms with Gasteiger partial charge in [0, 0.05) is 38.0 Å². The molecule has 1 aliphatic heterocycles. The van der Waals surface area contributed by atoms with Gasteiger partial charge in [-0.15, -0.1) is 0 Å². The average Bonchev–Trinajstić information content (AvgIpc) is 2.26. The molecular formula is C13H28N2O2S. The molecule has 5 heteroatoms. The first kappa shape index (κ1) is 15.9. The normalized spacial score (nSPS) is 22.6. The highest BCUT2D eigenvalue weighted by Gasteiger charge is 2.21. The third-order valence-corrected chi connectivity index (χ3v) is 5.16. The summed E-state index contributed by atoms with van der Waals surface area (Å²) in [5.41, 5.74) is 0. The number of sulfone groups is 1. The first-order chi connectivity index (χ1) is 8.43. The molecule has 0 aromatic heterocycles. The molecule has 108 valence electrons. The molecule has 0 saturated carbocycles. The lowest BCUT2D eigenvalue weighted by molar-refractivity contribution is 0.195. The number of rotatable bonds is 7. The second-order valence-corrected chi connectivity index (χ2v) is 8.04. The summed E-state index contributed by atoms with van der Waals surface area (Å²) in [6.07, 6.45) is 1.89. The van der Waals surface area contributed by atoms with Crippen LogP contribution in [0.5, 0.6) is 0 Å². The van der Waals surface area contributed by atoms with Crippen molar-refractivity contribution in [3.8, 4) is 0 Å². The highest BCUT2D eigenvalue weighted by molar-refractivity contribution is 7.91. The van der Waals surface area contributed by atoms with Crippen LogP contribution in [0, 0.1) is 5.92 Å². The van der Waals surface area contributed by atoms with Gasteiger partial charge in [-0.2, -0.15) is 0 Å². The number of hydrogen-bond donors (Lipinski definition) is 1. The summed E-state index contributed by atoms with van der Waals surface area (Å²) in [4.78, 5) is 2.29. The van der Waals surface area contributed by atoms with Gasteiger partial charge < -0.3 is 5.32 Å². The smallest absolute Gasteiger partial charge is 0.151 e. The molecule has 1 aliphatic rings. The summed E-state index contributed by atoms with van der Waals surface area (Å²) < 4.78 is 23.4. The van der Waals surface area contributed by atoms with Gasteiger partial charge in [-0.05, 0) is 18.8 Å². The van der Waals surface area contributed by atoms with E-state index >= 15 is 0 Å². The second kappa shape index (κ2) is 7.46. The molecule has 0 bridgehead atoms. The fourth-order valence-corrected chi connectivity index (χ4v) is 3.87. The average molecular weight is 276 g/mol. The third-order valence-electron chi connectivity index (χ3n) is 3.33. The van der Waals surface area contributed by atoms with Crippen LogP contribution in [-0.2, 0) is 9.84 Å². The Morgan fingerprint density at radius 1 is 1.33 bits per heavy atom. The maximum Gasteiger partial charge on any atom is 0.151 e. The molecule has 4 nitrogen and oxygen atoms in total. The number of piperazine rings is 1. The predicted octanol–water partition coefficient (Wildman–Crippen LogP) is 1.13. The van der Waals surface area contributed by atoms with Crippen LogP contribution in [0.2, 0.25) is 0 Å². The van der Waals surface area contributed by atoms with Gasteiger partial charge in [-0.3, -0.25) is 4.90 Å². The SMILES string of the molecule is CCCS(=O)(=O)CCN1CCNC(CC(C)C)C1. The first-order valence-electron chi connectivity index (χ1n) is 7.09. The molecule has 0 amide bonds. The Morgan fingerprint density at radius 2 is 2.06 bits per heavy atom. The topological polar surface area (TPSA) is 49.4 Å². The van der Waals surface area contributed by atoms with Crippen molar-refractivity contribution in [1.29, 1.82) is 0 Å². The Hall–Kier alpha value is -0.130. The van der Waals surface area contributed by atoms with Crippen LogP contribution < -0.4 is 5.32 Å². The molecule has 0 spiro atoms. The van der Waals surface area contributed by atoms with Crippen molar-refractivity contribution in [2.45, 2.75) is 39.7 Å². The Kier molecular flexibility index (Phi) is 6.60. The zero-order valence-electron chi connectivity index (χ0n) is 12.0. The Morgan fingerprint density at radius 3 is 2.67 bits per heavy atom. The van der Waals surface area contributed by atoms with Gasteiger partial charge in [-0.1, -0.05) is 20.8 Å². The Bertz CT molecular complexity index is 328. The molecule has 1 atom stereocenters. The zero-order valence-corrected chi connectivity index (χ0v) is 12.8. The lowest BCUT2D eigenvalue weighted by Crippen LogP contribution is -2.52.